The molecule has 3 amide bonds. The van der Waals surface area contributed by atoms with E-state index in [4.69, 9.17) is 9.84 Å². The van der Waals surface area contributed by atoms with Gasteiger partial charge in [0.1, 0.15) is 22.6 Å². The molecule has 1 fully saturated rings. The SMILES string of the molecule is C[C@@H](O)[C@H](NC(=O)CNC(=O)COc1ccc([C@@H]2[C@@H](SCC(O)c3ccc(F)cc3)C(=O)N2c2ccc(F)cc2)cc1)C(=O)O. The number of nitrogens with one attached hydrogen (secondary N) is 2. The fraction of sp³-hybridized carbons (Fsp3) is 0.290. The Morgan fingerprint density at radius 3 is 2.11 bits per heavy atom. The number of carbonyl (C=O) groups excluding carboxylic acids is 3. The fourth-order valence-corrected chi connectivity index (χ4v) is 5.87. The molecule has 238 valence electrons. The lowest BCUT2D eigenvalue weighted by Crippen LogP contribution is -2.57. The first-order valence-electron chi connectivity index (χ1n) is 13.8. The number of rotatable bonds is 14. The average molecular weight is 644 g/mol. The van der Waals surface area contributed by atoms with E-state index >= 15 is 0 Å². The van der Waals surface area contributed by atoms with Crippen LogP contribution in [0.2, 0.25) is 0 Å². The van der Waals surface area contributed by atoms with E-state index in [0.29, 0.717) is 22.6 Å². The zero-order valence-corrected chi connectivity index (χ0v) is 24.7. The van der Waals surface area contributed by atoms with Crippen molar-refractivity contribution in [3.63, 3.8) is 0 Å². The van der Waals surface area contributed by atoms with Gasteiger partial charge in [0, 0.05) is 11.4 Å². The van der Waals surface area contributed by atoms with Crippen LogP contribution in [-0.4, -0.2) is 75.3 Å². The summed E-state index contributed by atoms with van der Waals surface area (Å²) in [4.78, 5) is 49.9. The Hall–Kier alpha value is -4.53. The van der Waals surface area contributed by atoms with Crippen molar-refractivity contribution in [1.29, 1.82) is 0 Å². The quantitative estimate of drug-likeness (QED) is 0.166. The zero-order chi connectivity index (χ0) is 32.7. The Morgan fingerprint density at radius 2 is 1.53 bits per heavy atom. The molecule has 5 N–H and O–H groups in total. The van der Waals surface area contributed by atoms with Crippen LogP contribution < -0.4 is 20.3 Å². The molecule has 1 saturated heterocycles. The zero-order valence-electron chi connectivity index (χ0n) is 23.9. The van der Waals surface area contributed by atoms with Crippen molar-refractivity contribution < 1.29 is 48.0 Å². The van der Waals surface area contributed by atoms with Crippen molar-refractivity contribution in [1.82, 2.24) is 10.6 Å². The molecule has 45 heavy (non-hydrogen) atoms. The molecule has 0 aromatic heterocycles. The molecule has 1 heterocycles. The highest BCUT2D eigenvalue weighted by atomic mass is 32.2. The summed E-state index contributed by atoms with van der Waals surface area (Å²) in [6.07, 6.45) is -2.27. The predicted octanol–water partition coefficient (Wildman–Crippen LogP) is 2.33. The maximum absolute atomic E-state index is 13.6. The van der Waals surface area contributed by atoms with E-state index in [9.17, 15) is 38.2 Å². The number of benzene rings is 3. The highest BCUT2D eigenvalue weighted by molar-refractivity contribution is 8.00. The van der Waals surface area contributed by atoms with Gasteiger partial charge in [-0.25, -0.2) is 13.6 Å². The highest BCUT2D eigenvalue weighted by Crippen LogP contribution is 2.46. The van der Waals surface area contributed by atoms with Gasteiger partial charge in [-0.1, -0.05) is 24.3 Å². The molecule has 0 aliphatic carbocycles. The molecule has 14 heteroatoms. The monoisotopic (exact) mass is 643 g/mol. The van der Waals surface area contributed by atoms with Crippen LogP contribution in [0.4, 0.5) is 14.5 Å². The highest BCUT2D eigenvalue weighted by Gasteiger charge is 2.49. The minimum absolute atomic E-state index is 0.167. The van der Waals surface area contributed by atoms with E-state index in [-0.39, 0.29) is 11.7 Å². The molecule has 5 atom stereocenters. The van der Waals surface area contributed by atoms with Gasteiger partial charge in [-0.2, -0.15) is 0 Å². The third kappa shape index (κ3) is 8.56. The summed E-state index contributed by atoms with van der Waals surface area (Å²) in [7, 11) is 0. The van der Waals surface area contributed by atoms with Crippen LogP contribution in [-0.2, 0) is 19.2 Å². The van der Waals surface area contributed by atoms with Crippen molar-refractivity contribution in [3.05, 3.63) is 95.6 Å². The standard InChI is InChI=1S/C31H31F2N3O8S/c1-17(37)27(31(42)43)35-25(39)14-34-26(40)15-44-23-12-4-19(5-13-23)28-29(30(41)36(28)22-10-8-21(33)9-11-22)45-16-24(38)18-2-6-20(32)7-3-18/h2-13,17,24,27-29,37-38H,14-16H2,1H3,(H,34,40)(H,35,39)(H,42,43)/t17-,24?,27+,28-,29-/m1/s1. The van der Waals surface area contributed by atoms with Crippen LogP contribution in [0.15, 0.2) is 72.8 Å². The number of amides is 3. The van der Waals surface area contributed by atoms with Gasteiger partial charge < -0.3 is 35.6 Å². The Labute approximate surface area is 261 Å². The third-order valence-electron chi connectivity index (χ3n) is 6.94. The first-order chi connectivity index (χ1) is 21.4. The van der Waals surface area contributed by atoms with Crippen molar-refractivity contribution in [3.8, 4) is 5.75 Å². The summed E-state index contributed by atoms with van der Waals surface area (Å²) in [5.41, 5.74) is 1.72. The van der Waals surface area contributed by atoms with Crippen molar-refractivity contribution in [2.75, 3.05) is 23.8 Å². The molecule has 0 radical (unpaired) electrons. The number of hydrogen-bond acceptors (Lipinski definition) is 8. The normalized spacial score (nSPS) is 17.9. The Morgan fingerprint density at radius 1 is 0.933 bits per heavy atom. The number of hydrogen-bond donors (Lipinski definition) is 5. The number of halogens is 2. The summed E-state index contributed by atoms with van der Waals surface area (Å²) < 4.78 is 32.3. The topological polar surface area (TPSA) is 166 Å². The van der Waals surface area contributed by atoms with Crippen LogP contribution in [0.1, 0.15) is 30.2 Å². The van der Waals surface area contributed by atoms with Crippen molar-refractivity contribution >= 4 is 41.1 Å². The van der Waals surface area contributed by atoms with E-state index in [1.807, 2.05) is 0 Å². The van der Waals surface area contributed by atoms with E-state index in [1.165, 1.54) is 72.1 Å². The molecular weight excluding hydrogens is 612 g/mol. The van der Waals surface area contributed by atoms with Gasteiger partial charge in [0.25, 0.3) is 5.91 Å². The lowest BCUT2D eigenvalue weighted by molar-refractivity contribution is -0.144. The number of carboxylic acids is 1. The first kappa shape index (κ1) is 33.4. The maximum atomic E-state index is 13.6. The number of β-lactam (4-membered cyclic amide) rings is 1. The number of carboxylic acid groups (broad SMARTS) is 1. The summed E-state index contributed by atoms with van der Waals surface area (Å²) in [5, 5.41) is 32.9. The Kier molecular flexibility index (Phi) is 11.1. The second-order valence-corrected chi connectivity index (χ2v) is 11.4. The number of anilines is 1. The summed E-state index contributed by atoms with van der Waals surface area (Å²) in [5.74, 6) is -3.51. The molecular formula is C31H31F2N3O8S. The number of aliphatic carboxylic acids is 1. The number of nitrogens with zero attached hydrogens (tertiary/aromatic N) is 1. The van der Waals surface area contributed by atoms with Gasteiger partial charge >= 0.3 is 5.97 Å². The number of ether oxygens (including phenoxy) is 1. The summed E-state index contributed by atoms with van der Waals surface area (Å²) in [6.45, 7) is 0.232. The van der Waals surface area contributed by atoms with Gasteiger partial charge in [0.15, 0.2) is 12.6 Å². The average Bonchev–Trinajstić information content (AvgIpc) is 3.01. The van der Waals surface area contributed by atoms with Gasteiger partial charge in [0.05, 0.1) is 24.8 Å². The van der Waals surface area contributed by atoms with E-state index in [2.05, 4.69) is 10.6 Å². The van der Waals surface area contributed by atoms with Gasteiger partial charge in [-0.05, 0) is 66.6 Å². The Balaban J connectivity index is 1.37. The van der Waals surface area contributed by atoms with Crippen LogP contribution in [0.25, 0.3) is 0 Å². The smallest absolute Gasteiger partial charge is 0.328 e. The summed E-state index contributed by atoms with van der Waals surface area (Å²) >= 11 is 1.24. The molecule has 0 spiro atoms. The second-order valence-electron chi connectivity index (χ2n) is 10.2. The number of aliphatic hydroxyl groups is 2. The molecule has 1 unspecified atom stereocenters. The van der Waals surface area contributed by atoms with Crippen molar-refractivity contribution in [2.24, 2.45) is 0 Å². The second kappa shape index (κ2) is 15.0. The lowest BCUT2D eigenvalue weighted by atomic mass is 9.92. The van der Waals surface area contributed by atoms with E-state index in [0.717, 1.165) is 0 Å². The first-order valence-corrected chi connectivity index (χ1v) is 14.8. The lowest BCUT2D eigenvalue weighted by Gasteiger charge is -2.47. The largest absolute Gasteiger partial charge is 0.484 e. The van der Waals surface area contributed by atoms with Crippen LogP contribution in [0, 0.1) is 11.6 Å². The molecule has 0 bridgehead atoms. The van der Waals surface area contributed by atoms with Crippen LogP contribution in [0.3, 0.4) is 0 Å². The van der Waals surface area contributed by atoms with E-state index in [1.54, 1.807) is 24.3 Å². The minimum atomic E-state index is -1.52. The van der Waals surface area contributed by atoms with E-state index < -0.39 is 72.1 Å². The summed E-state index contributed by atoms with van der Waals surface area (Å²) in [6, 6.07) is 15.6. The molecule has 11 nitrogen and oxygen atoms in total. The molecule has 0 saturated carbocycles. The van der Waals surface area contributed by atoms with Crippen molar-refractivity contribution in [2.45, 2.75) is 36.5 Å². The van der Waals surface area contributed by atoms with Gasteiger partial charge in [-0.3, -0.25) is 14.4 Å². The number of thioether (sulfide) groups is 1. The predicted molar refractivity (Wildman–Crippen MR) is 160 cm³/mol. The minimum Gasteiger partial charge on any atom is -0.484 e. The molecule has 1 aliphatic heterocycles. The molecule has 4 rings (SSSR count). The molecule has 3 aromatic rings. The number of aliphatic hydroxyl groups excluding tert-OH is 2. The van der Waals surface area contributed by atoms with Gasteiger partial charge in [0.2, 0.25) is 11.8 Å². The van der Waals surface area contributed by atoms with Gasteiger partial charge in [-0.15, -0.1) is 11.8 Å². The molecule has 3 aromatic carbocycles. The third-order valence-corrected chi connectivity index (χ3v) is 8.27. The Bertz CT molecular complexity index is 1510. The van der Waals surface area contributed by atoms with Crippen LogP contribution in [0.5, 0.6) is 5.75 Å². The fourth-order valence-electron chi connectivity index (χ4n) is 4.57. The number of carbonyl (C=O) groups is 4. The van der Waals surface area contributed by atoms with Crippen LogP contribution >= 0.6 is 11.8 Å². The maximum Gasteiger partial charge on any atom is 0.328 e. The molecule has 1 aliphatic rings.